The number of anilines is 1. The Morgan fingerprint density at radius 3 is 2.84 bits per heavy atom. The highest BCUT2D eigenvalue weighted by Gasteiger charge is 2.22. The van der Waals surface area contributed by atoms with Gasteiger partial charge in [-0.25, -0.2) is 9.78 Å². The summed E-state index contributed by atoms with van der Waals surface area (Å²) in [7, 11) is 0. The van der Waals surface area contributed by atoms with Crippen molar-refractivity contribution in [3.8, 4) is 5.88 Å². The number of nitrogens with one attached hydrogen (secondary N) is 1. The highest BCUT2D eigenvalue weighted by atomic mass is 16.5. The van der Waals surface area contributed by atoms with E-state index in [2.05, 4.69) is 20.4 Å². The molecule has 0 atom stereocenters. The minimum Gasteiger partial charge on any atom is -0.476 e. The summed E-state index contributed by atoms with van der Waals surface area (Å²) in [5.74, 6) is 1.30. The molecular weight excluding hydrogens is 322 g/mol. The van der Waals surface area contributed by atoms with Crippen molar-refractivity contribution >= 4 is 11.7 Å². The number of pyridine rings is 1. The van der Waals surface area contributed by atoms with E-state index < -0.39 is 0 Å². The number of rotatable bonds is 5. The molecule has 0 aliphatic carbocycles. The molecular formula is C17H23N5O3. The van der Waals surface area contributed by atoms with Gasteiger partial charge in [-0.2, -0.15) is 0 Å². The van der Waals surface area contributed by atoms with E-state index in [0.29, 0.717) is 37.8 Å². The minimum absolute atomic E-state index is 0.135. The lowest BCUT2D eigenvalue weighted by atomic mass is 10.3. The molecule has 2 aromatic rings. The third-order valence-corrected chi connectivity index (χ3v) is 4.01. The minimum atomic E-state index is -0.135. The number of nitrogens with zero attached hydrogens (tertiary/aromatic N) is 4. The molecule has 3 rings (SSSR count). The van der Waals surface area contributed by atoms with Crippen molar-refractivity contribution in [3.05, 3.63) is 35.9 Å². The van der Waals surface area contributed by atoms with Gasteiger partial charge in [0.15, 0.2) is 5.76 Å². The molecule has 1 aliphatic rings. The number of carbonyl (C=O) groups excluding carboxylic acids is 1. The van der Waals surface area contributed by atoms with E-state index in [0.717, 1.165) is 24.5 Å². The number of carbonyl (C=O) groups is 1. The van der Waals surface area contributed by atoms with Crippen LogP contribution in [0.25, 0.3) is 0 Å². The molecule has 1 fully saturated rings. The van der Waals surface area contributed by atoms with Crippen molar-refractivity contribution < 1.29 is 14.1 Å². The fraction of sp³-hybridized carbons (Fsp3) is 0.471. The lowest BCUT2D eigenvalue weighted by Gasteiger charge is -2.34. The lowest BCUT2D eigenvalue weighted by Crippen LogP contribution is -2.49. The van der Waals surface area contributed by atoms with Crippen LogP contribution < -0.4 is 10.1 Å². The van der Waals surface area contributed by atoms with Gasteiger partial charge >= 0.3 is 6.03 Å². The van der Waals surface area contributed by atoms with E-state index in [4.69, 9.17) is 9.26 Å². The second-order valence-electron chi connectivity index (χ2n) is 5.92. The molecule has 3 heterocycles. The quantitative estimate of drug-likeness (QED) is 0.894. The molecule has 1 saturated heterocycles. The predicted molar refractivity (Wildman–Crippen MR) is 92.5 cm³/mol. The van der Waals surface area contributed by atoms with Crippen LogP contribution in [-0.4, -0.2) is 58.8 Å². The topological polar surface area (TPSA) is 83.7 Å². The van der Waals surface area contributed by atoms with Gasteiger partial charge in [0.25, 0.3) is 0 Å². The molecule has 2 amide bonds. The number of piperazine rings is 1. The van der Waals surface area contributed by atoms with E-state index in [9.17, 15) is 4.79 Å². The van der Waals surface area contributed by atoms with Crippen LogP contribution >= 0.6 is 0 Å². The Balaban J connectivity index is 1.51. The summed E-state index contributed by atoms with van der Waals surface area (Å²) in [5.41, 5.74) is 1.48. The molecule has 25 heavy (non-hydrogen) atoms. The number of aromatic nitrogens is 2. The van der Waals surface area contributed by atoms with Crippen LogP contribution in [0.4, 0.5) is 10.5 Å². The molecule has 0 aromatic carbocycles. The van der Waals surface area contributed by atoms with E-state index in [1.165, 1.54) is 0 Å². The van der Waals surface area contributed by atoms with Gasteiger partial charge in [-0.3, -0.25) is 4.90 Å². The normalized spacial score (nSPS) is 15.2. The number of hydrogen-bond donors (Lipinski definition) is 1. The number of hydrogen-bond acceptors (Lipinski definition) is 6. The Hall–Kier alpha value is -2.61. The zero-order chi connectivity index (χ0) is 17.6. The van der Waals surface area contributed by atoms with Gasteiger partial charge in [0.05, 0.1) is 18.8 Å². The van der Waals surface area contributed by atoms with Gasteiger partial charge in [-0.15, -0.1) is 0 Å². The van der Waals surface area contributed by atoms with Crippen molar-refractivity contribution in [2.75, 3.05) is 38.1 Å². The largest absolute Gasteiger partial charge is 0.476 e. The zero-order valence-corrected chi connectivity index (χ0v) is 14.6. The summed E-state index contributed by atoms with van der Waals surface area (Å²) in [6.07, 6.45) is 1.64. The third-order valence-electron chi connectivity index (χ3n) is 4.01. The number of urea groups is 1. The maximum Gasteiger partial charge on any atom is 0.322 e. The molecule has 1 aliphatic heterocycles. The maximum atomic E-state index is 12.5. The molecule has 1 N–H and O–H groups in total. The van der Waals surface area contributed by atoms with Crippen LogP contribution in [0.15, 0.2) is 28.9 Å². The van der Waals surface area contributed by atoms with Crippen LogP contribution in [0.2, 0.25) is 0 Å². The lowest BCUT2D eigenvalue weighted by molar-refractivity contribution is 0.134. The maximum absolute atomic E-state index is 12.5. The molecule has 0 radical (unpaired) electrons. The fourth-order valence-corrected chi connectivity index (χ4v) is 2.75. The summed E-state index contributed by atoms with van der Waals surface area (Å²) < 4.78 is 10.7. The Morgan fingerprint density at radius 2 is 2.16 bits per heavy atom. The first kappa shape index (κ1) is 17.2. The van der Waals surface area contributed by atoms with Crippen molar-refractivity contribution in [1.82, 2.24) is 19.9 Å². The molecule has 8 nitrogen and oxygen atoms in total. The van der Waals surface area contributed by atoms with Crippen molar-refractivity contribution in [2.45, 2.75) is 20.4 Å². The second-order valence-corrected chi connectivity index (χ2v) is 5.92. The highest BCUT2D eigenvalue weighted by molar-refractivity contribution is 5.90. The third kappa shape index (κ3) is 4.48. The number of ether oxygens (including phenoxy) is 1. The van der Waals surface area contributed by atoms with E-state index in [1.54, 1.807) is 23.2 Å². The second kappa shape index (κ2) is 7.98. The van der Waals surface area contributed by atoms with Crippen molar-refractivity contribution in [3.63, 3.8) is 0 Å². The molecule has 0 spiro atoms. The smallest absolute Gasteiger partial charge is 0.322 e. The van der Waals surface area contributed by atoms with Gasteiger partial charge in [-0.05, 0) is 26.0 Å². The SMILES string of the molecule is CCOc1ncccc1NC(=O)N1CCN(Cc2cc(C)no2)CC1. The van der Waals surface area contributed by atoms with Gasteiger partial charge < -0.3 is 19.5 Å². The molecule has 0 unspecified atom stereocenters. The van der Waals surface area contributed by atoms with Crippen molar-refractivity contribution in [1.29, 1.82) is 0 Å². The summed E-state index contributed by atoms with van der Waals surface area (Å²) in [5, 5.41) is 6.79. The van der Waals surface area contributed by atoms with E-state index >= 15 is 0 Å². The molecule has 8 heteroatoms. The molecule has 2 aromatic heterocycles. The zero-order valence-electron chi connectivity index (χ0n) is 14.6. The standard InChI is InChI=1S/C17H23N5O3/c1-3-24-16-15(5-4-6-18-16)19-17(23)22-9-7-21(8-10-22)12-14-11-13(2)20-25-14/h4-6,11H,3,7-10,12H2,1-2H3,(H,19,23). The van der Waals surface area contributed by atoms with Gasteiger partial charge in [-0.1, -0.05) is 5.16 Å². The summed E-state index contributed by atoms with van der Waals surface area (Å²) in [6, 6.07) is 5.37. The van der Waals surface area contributed by atoms with Gasteiger partial charge in [0.1, 0.15) is 5.69 Å². The predicted octanol–water partition coefficient (Wildman–Crippen LogP) is 2.13. The Kier molecular flexibility index (Phi) is 5.49. The van der Waals surface area contributed by atoms with Crippen LogP contribution in [0.1, 0.15) is 18.4 Å². The molecule has 0 saturated carbocycles. The van der Waals surface area contributed by atoms with Crippen LogP contribution in [-0.2, 0) is 6.54 Å². The first-order valence-corrected chi connectivity index (χ1v) is 8.44. The van der Waals surface area contributed by atoms with Gasteiger partial charge in [0.2, 0.25) is 5.88 Å². The van der Waals surface area contributed by atoms with Gasteiger partial charge in [0, 0.05) is 38.4 Å². The highest BCUT2D eigenvalue weighted by Crippen LogP contribution is 2.21. The number of aryl methyl sites for hydroxylation is 1. The van der Waals surface area contributed by atoms with Crippen LogP contribution in [0.3, 0.4) is 0 Å². The number of amides is 2. The van der Waals surface area contributed by atoms with E-state index in [1.807, 2.05) is 19.9 Å². The first-order chi connectivity index (χ1) is 12.2. The van der Waals surface area contributed by atoms with E-state index in [-0.39, 0.29) is 6.03 Å². The fourth-order valence-electron chi connectivity index (χ4n) is 2.75. The average molecular weight is 345 g/mol. The Morgan fingerprint density at radius 1 is 1.36 bits per heavy atom. The molecule has 134 valence electrons. The van der Waals surface area contributed by atoms with Crippen LogP contribution in [0.5, 0.6) is 5.88 Å². The first-order valence-electron chi connectivity index (χ1n) is 8.44. The summed E-state index contributed by atoms with van der Waals surface area (Å²) in [4.78, 5) is 20.7. The Bertz CT molecular complexity index is 710. The Labute approximate surface area is 146 Å². The monoisotopic (exact) mass is 345 g/mol. The molecule has 0 bridgehead atoms. The average Bonchev–Trinajstić information content (AvgIpc) is 3.02. The van der Waals surface area contributed by atoms with Crippen LogP contribution in [0, 0.1) is 6.92 Å². The summed E-state index contributed by atoms with van der Waals surface area (Å²) in [6.45, 7) is 7.90. The van der Waals surface area contributed by atoms with Crippen molar-refractivity contribution in [2.24, 2.45) is 0 Å². The summed E-state index contributed by atoms with van der Waals surface area (Å²) >= 11 is 0.